The summed E-state index contributed by atoms with van der Waals surface area (Å²) in [6, 6.07) is 0. The van der Waals surface area contributed by atoms with E-state index in [4.69, 9.17) is 9.47 Å². The van der Waals surface area contributed by atoms with Crippen LogP contribution < -0.4 is 0 Å². The van der Waals surface area contributed by atoms with Crippen molar-refractivity contribution in [3.05, 3.63) is 11.8 Å². The Morgan fingerprint density at radius 1 is 1.11 bits per heavy atom. The van der Waals surface area contributed by atoms with Crippen molar-refractivity contribution in [2.75, 3.05) is 13.2 Å². The number of carboxylic acids is 1. The third-order valence-corrected chi connectivity index (χ3v) is 8.05. The van der Waals surface area contributed by atoms with Crippen molar-refractivity contribution in [2.45, 2.75) is 96.0 Å². The van der Waals surface area contributed by atoms with Gasteiger partial charge < -0.3 is 14.6 Å². The molecule has 1 unspecified atom stereocenters. The highest BCUT2D eigenvalue weighted by Crippen LogP contribution is 2.62. The molecule has 4 heteroatoms. The maximum Gasteiger partial charge on any atom is 0.334 e. The lowest BCUT2D eigenvalue weighted by Gasteiger charge is -2.57. The maximum atomic E-state index is 11.8. The second-order valence-electron chi connectivity index (χ2n) is 10.4. The summed E-state index contributed by atoms with van der Waals surface area (Å²) in [6.45, 7) is 3.74. The SMILES string of the molecule is CCCC1(CCCCOC=C(CC23CC4CC(CC(C4)C2)C3)C(=O)O)CCO1. The van der Waals surface area contributed by atoms with Crippen LogP contribution in [0.5, 0.6) is 0 Å². The van der Waals surface area contributed by atoms with Crippen molar-refractivity contribution in [1.29, 1.82) is 0 Å². The molecule has 1 saturated heterocycles. The minimum absolute atomic E-state index is 0.134. The third-order valence-electron chi connectivity index (χ3n) is 8.05. The molecule has 4 nitrogen and oxygen atoms in total. The Kier molecular flexibility index (Phi) is 6.06. The molecular formula is C24H38O4. The van der Waals surface area contributed by atoms with Crippen molar-refractivity contribution in [2.24, 2.45) is 23.2 Å². The van der Waals surface area contributed by atoms with Crippen LogP contribution >= 0.6 is 0 Å². The quantitative estimate of drug-likeness (QED) is 0.279. The van der Waals surface area contributed by atoms with E-state index in [1.165, 1.54) is 51.4 Å². The molecule has 1 N–H and O–H groups in total. The summed E-state index contributed by atoms with van der Waals surface area (Å²) >= 11 is 0. The number of carboxylic acid groups (broad SMARTS) is 1. The van der Waals surface area contributed by atoms with Crippen LogP contribution in [0.3, 0.4) is 0 Å². The maximum absolute atomic E-state index is 11.8. The van der Waals surface area contributed by atoms with Gasteiger partial charge in [0.1, 0.15) is 0 Å². The summed E-state index contributed by atoms with van der Waals surface area (Å²) in [5.74, 6) is 1.77. The Bertz CT molecular complexity index is 554. The first-order chi connectivity index (χ1) is 13.5. The average Bonchev–Trinajstić information content (AvgIpc) is 2.59. The lowest BCUT2D eigenvalue weighted by atomic mass is 9.48. The van der Waals surface area contributed by atoms with Crippen LogP contribution in [0.1, 0.15) is 90.4 Å². The Morgan fingerprint density at radius 3 is 2.25 bits per heavy atom. The van der Waals surface area contributed by atoms with Crippen LogP contribution in [0.15, 0.2) is 11.8 Å². The van der Waals surface area contributed by atoms with Crippen LogP contribution in [-0.2, 0) is 14.3 Å². The van der Waals surface area contributed by atoms with Gasteiger partial charge in [0.2, 0.25) is 0 Å². The van der Waals surface area contributed by atoms with E-state index in [-0.39, 0.29) is 11.0 Å². The molecule has 1 aliphatic heterocycles. The molecular weight excluding hydrogens is 352 g/mol. The van der Waals surface area contributed by atoms with E-state index in [1.807, 2.05) is 0 Å². The molecule has 0 spiro atoms. The molecule has 0 aromatic carbocycles. The minimum atomic E-state index is -0.791. The smallest absolute Gasteiger partial charge is 0.334 e. The van der Waals surface area contributed by atoms with Crippen molar-refractivity contribution in [1.82, 2.24) is 0 Å². The highest BCUT2D eigenvalue weighted by molar-refractivity contribution is 5.86. The van der Waals surface area contributed by atoms with Gasteiger partial charge in [-0.15, -0.1) is 0 Å². The van der Waals surface area contributed by atoms with E-state index in [9.17, 15) is 9.90 Å². The Morgan fingerprint density at radius 2 is 1.75 bits per heavy atom. The molecule has 0 radical (unpaired) electrons. The van der Waals surface area contributed by atoms with E-state index in [0.717, 1.165) is 50.0 Å². The van der Waals surface area contributed by atoms with Gasteiger partial charge in [-0.2, -0.15) is 0 Å². The normalized spacial score (nSPS) is 39.0. The van der Waals surface area contributed by atoms with Gasteiger partial charge in [-0.25, -0.2) is 4.79 Å². The van der Waals surface area contributed by atoms with Gasteiger partial charge in [0.25, 0.3) is 0 Å². The number of hydrogen-bond acceptors (Lipinski definition) is 3. The molecule has 158 valence electrons. The highest BCUT2D eigenvalue weighted by Gasteiger charge is 2.51. The molecule has 1 heterocycles. The summed E-state index contributed by atoms with van der Waals surface area (Å²) in [7, 11) is 0. The first-order valence-electron chi connectivity index (χ1n) is 11.7. The number of hydrogen-bond donors (Lipinski definition) is 1. The predicted molar refractivity (Wildman–Crippen MR) is 109 cm³/mol. The van der Waals surface area contributed by atoms with E-state index < -0.39 is 5.97 Å². The standard InChI is InChI=1S/C24H38O4/c1-2-5-24(7-9-28-24)6-3-4-8-27-17-21(22(25)26)16-23-13-18-10-19(14-23)12-20(11-18)15-23/h17-20H,2-16H2,1H3,(H,25,26). The van der Waals surface area contributed by atoms with Crippen LogP contribution in [0, 0.1) is 23.2 Å². The van der Waals surface area contributed by atoms with Crippen LogP contribution in [0.2, 0.25) is 0 Å². The van der Waals surface area contributed by atoms with Gasteiger partial charge in [0.15, 0.2) is 0 Å². The zero-order valence-electron chi connectivity index (χ0n) is 17.6. The third kappa shape index (κ3) is 4.42. The van der Waals surface area contributed by atoms with Gasteiger partial charge in [-0.3, -0.25) is 0 Å². The molecule has 4 bridgehead atoms. The van der Waals surface area contributed by atoms with Crippen molar-refractivity contribution < 1.29 is 19.4 Å². The molecule has 0 aromatic heterocycles. The van der Waals surface area contributed by atoms with Crippen molar-refractivity contribution >= 4 is 5.97 Å². The topological polar surface area (TPSA) is 55.8 Å². The fourth-order valence-corrected chi connectivity index (χ4v) is 7.24. The largest absolute Gasteiger partial charge is 0.501 e. The molecule has 4 saturated carbocycles. The summed E-state index contributed by atoms with van der Waals surface area (Å²) in [6.07, 6.45) is 16.9. The molecule has 28 heavy (non-hydrogen) atoms. The van der Waals surface area contributed by atoms with E-state index in [2.05, 4.69) is 6.92 Å². The van der Waals surface area contributed by atoms with Crippen LogP contribution in [0.4, 0.5) is 0 Å². The summed E-state index contributed by atoms with van der Waals surface area (Å²) < 4.78 is 11.6. The summed E-state index contributed by atoms with van der Waals surface area (Å²) in [5, 5.41) is 9.72. The molecule has 4 aliphatic carbocycles. The zero-order valence-corrected chi connectivity index (χ0v) is 17.6. The number of aliphatic carboxylic acids is 1. The number of rotatable bonds is 11. The minimum Gasteiger partial charge on any atom is -0.501 e. The first kappa shape index (κ1) is 20.3. The highest BCUT2D eigenvalue weighted by atomic mass is 16.5. The first-order valence-corrected chi connectivity index (χ1v) is 11.7. The molecule has 5 rings (SSSR count). The molecule has 0 aromatic rings. The fraction of sp³-hybridized carbons (Fsp3) is 0.875. The molecule has 5 fully saturated rings. The number of ether oxygens (including phenoxy) is 2. The van der Waals surface area contributed by atoms with Gasteiger partial charge in [-0.05, 0) is 100 Å². The Labute approximate surface area is 170 Å². The van der Waals surface area contributed by atoms with E-state index in [0.29, 0.717) is 18.6 Å². The molecule has 0 amide bonds. The van der Waals surface area contributed by atoms with Gasteiger partial charge in [0.05, 0.1) is 30.6 Å². The second-order valence-corrected chi connectivity index (χ2v) is 10.4. The lowest BCUT2D eigenvalue weighted by molar-refractivity contribution is -0.157. The Balaban J connectivity index is 1.23. The van der Waals surface area contributed by atoms with Crippen LogP contribution in [0.25, 0.3) is 0 Å². The van der Waals surface area contributed by atoms with E-state index >= 15 is 0 Å². The summed E-state index contributed by atoms with van der Waals surface area (Å²) in [4.78, 5) is 11.8. The van der Waals surface area contributed by atoms with Gasteiger partial charge in [-0.1, -0.05) is 13.3 Å². The Hall–Kier alpha value is -1.03. The van der Waals surface area contributed by atoms with Gasteiger partial charge in [0, 0.05) is 0 Å². The average molecular weight is 391 g/mol. The van der Waals surface area contributed by atoms with Gasteiger partial charge >= 0.3 is 5.97 Å². The number of carbonyl (C=O) groups is 1. The van der Waals surface area contributed by atoms with Crippen molar-refractivity contribution in [3.63, 3.8) is 0 Å². The van der Waals surface area contributed by atoms with Crippen molar-refractivity contribution in [3.8, 4) is 0 Å². The number of unbranched alkanes of at least 4 members (excludes halogenated alkanes) is 1. The van der Waals surface area contributed by atoms with E-state index in [1.54, 1.807) is 6.26 Å². The zero-order chi connectivity index (χ0) is 19.6. The fourth-order valence-electron chi connectivity index (χ4n) is 7.24. The molecule has 5 aliphatic rings. The van der Waals surface area contributed by atoms with Crippen LogP contribution in [-0.4, -0.2) is 29.9 Å². The monoisotopic (exact) mass is 390 g/mol. The lowest BCUT2D eigenvalue weighted by Crippen LogP contribution is -2.46. The predicted octanol–water partition coefficient (Wildman–Crippen LogP) is 5.71. The molecule has 1 atom stereocenters. The summed E-state index contributed by atoms with van der Waals surface area (Å²) in [5.41, 5.74) is 0.873. The second kappa shape index (κ2) is 8.38.